The summed E-state index contributed by atoms with van der Waals surface area (Å²) in [5.41, 5.74) is 3.18. The molecule has 4 heteroatoms. The van der Waals surface area contributed by atoms with E-state index < -0.39 is 5.97 Å². The molecule has 1 aliphatic rings. The van der Waals surface area contributed by atoms with Gasteiger partial charge in [0.15, 0.2) is 0 Å². The number of nitrogens with zero attached hydrogens (tertiary/aromatic N) is 1. The van der Waals surface area contributed by atoms with Gasteiger partial charge in [0.25, 0.3) is 0 Å². The Kier molecular flexibility index (Phi) is 3.43. The van der Waals surface area contributed by atoms with E-state index in [9.17, 15) is 9.90 Å². The number of halogens is 1. The molecule has 0 bridgehead atoms. The normalized spacial score (nSPS) is 17.1. The summed E-state index contributed by atoms with van der Waals surface area (Å²) in [5, 5.41) is 10.2. The van der Waals surface area contributed by atoms with Gasteiger partial charge in [0.1, 0.15) is 0 Å². The van der Waals surface area contributed by atoms with Crippen LogP contribution in [0.4, 0.5) is 5.69 Å². The molecule has 0 fully saturated rings. The van der Waals surface area contributed by atoms with Crippen molar-refractivity contribution >= 4 is 23.3 Å². The van der Waals surface area contributed by atoms with Crippen molar-refractivity contribution in [2.75, 3.05) is 11.9 Å². The maximum absolute atomic E-state index is 11.7. The Labute approximate surface area is 128 Å². The van der Waals surface area contributed by atoms with Crippen molar-refractivity contribution in [3.63, 3.8) is 0 Å². The van der Waals surface area contributed by atoms with Crippen molar-refractivity contribution < 1.29 is 9.90 Å². The molecule has 0 radical (unpaired) electrons. The van der Waals surface area contributed by atoms with Gasteiger partial charge in [-0.2, -0.15) is 0 Å². The molecule has 0 saturated heterocycles. The first-order valence-electron chi connectivity index (χ1n) is 6.60. The van der Waals surface area contributed by atoms with Crippen LogP contribution in [-0.4, -0.2) is 18.1 Å². The predicted octanol–water partition coefficient (Wildman–Crippen LogP) is 3.89. The number of hydrogen-bond acceptors (Lipinski definition) is 2. The van der Waals surface area contributed by atoms with Crippen molar-refractivity contribution in [2.24, 2.45) is 0 Å². The highest BCUT2D eigenvalue weighted by molar-refractivity contribution is 6.30. The lowest BCUT2D eigenvalue weighted by Crippen LogP contribution is -2.25. The summed E-state index contributed by atoms with van der Waals surface area (Å²) in [6.45, 7) is 0. The fraction of sp³-hybridized carbons (Fsp3) is 0.118. The van der Waals surface area contributed by atoms with Crippen LogP contribution in [0.3, 0.4) is 0 Å². The number of carboxylic acids is 1. The number of carboxylic acid groups (broad SMARTS) is 1. The molecule has 0 aliphatic carbocycles. The Balaban J connectivity index is 2.24. The Bertz CT molecular complexity index is 725. The lowest BCUT2D eigenvalue weighted by Gasteiger charge is -2.31. The van der Waals surface area contributed by atoms with Crippen LogP contribution >= 0.6 is 11.6 Å². The van der Waals surface area contributed by atoms with E-state index in [1.807, 2.05) is 60.5 Å². The fourth-order valence-corrected chi connectivity index (χ4v) is 2.96. The molecule has 2 aromatic rings. The number of rotatable bonds is 2. The maximum atomic E-state index is 11.7. The van der Waals surface area contributed by atoms with Crippen molar-refractivity contribution in [1.29, 1.82) is 0 Å². The van der Waals surface area contributed by atoms with E-state index in [-0.39, 0.29) is 5.92 Å². The van der Waals surface area contributed by atoms with E-state index in [1.165, 1.54) is 0 Å². The highest BCUT2D eigenvalue weighted by Gasteiger charge is 2.31. The summed E-state index contributed by atoms with van der Waals surface area (Å²) in [4.78, 5) is 13.5. The molecule has 1 aliphatic heterocycles. The van der Waals surface area contributed by atoms with E-state index in [0.29, 0.717) is 10.6 Å². The third-order valence-corrected chi connectivity index (χ3v) is 3.94. The summed E-state index contributed by atoms with van der Waals surface area (Å²) in [5.74, 6) is -1.23. The maximum Gasteiger partial charge on any atom is 0.334 e. The van der Waals surface area contributed by atoms with Crippen LogP contribution in [0.25, 0.3) is 0 Å². The molecule has 1 heterocycles. The molecule has 0 amide bonds. The number of aliphatic carboxylic acids is 1. The topological polar surface area (TPSA) is 40.5 Å². The van der Waals surface area contributed by atoms with Crippen LogP contribution in [0.2, 0.25) is 5.02 Å². The Morgan fingerprint density at radius 1 is 1.19 bits per heavy atom. The molecule has 3 nitrogen and oxygen atoms in total. The Morgan fingerprint density at radius 2 is 1.90 bits per heavy atom. The van der Waals surface area contributed by atoms with Crippen LogP contribution in [-0.2, 0) is 4.79 Å². The molecule has 1 unspecified atom stereocenters. The van der Waals surface area contributed by atoms with Gasteiger partial charge in [-0.1, -0.05) is 41.9 Å². The average molecular weight is 300 g/mol. The zero-order valence-electron chi connectivity index (χ0n) is 11.5. The number of anilines is 1. The van der Waals surface area contributed by atoms with Crippen LogP contribution in [0, 0.1) is 0 Å². The quantitative estimate of drug-likeness (QED) is 0.914. The smallest absolute Gasteiger partial charge is 0.334 e. The molecule has 106 valence electrons. The molecule has 21 heavy (non-hydrogen) atoms. The van der Waals surface area contributed by atoms with Gasteiger partial charge in [-0.05, 0) is 29.3 Å². The van der Waals surface area contributed by atoms with E-state index in [4.69, 9.17) is 11.6 Å². The van der Waals surface area contributed by atoms with Gasteiger partial charge in [0.2, 0.25) is 0 Å². The third-order valence-electron chi connectivity index (χ3n) is 3.70. The minimum absolute atomic E-state index is 0.311. The van der Waals surface area contributed by atoms with Crippen LogP contribution in [0.1, 0.15) is 17.0 Å². The largest absolute Gasteiger partial charge is 0.478 e. The van der Waals surface area contributed by atoms with E-state index >= 15 is 0 Å². The summed E-state index contributed by atoms with van der Waals surface area (Å²) in [7, 11) is 1.84. The minimum Gasteiger partial charge on any atom is -0.478 e. The molecule has 0 saturated carbocycles. The van der Waals surface area contributed by atoms with Crippen molar-refractivity contribution in [2.45, 2.75) is 5.92 Å². The number of hydrogen-bond donors (Lipinski definition) is 1. The SMILES string of the molecule is CN1C=C(C(=O)O)C(c2ccccc2)c2cc(Cl)ccc21. The monoisotopic (exact) mass is 299 g/mol. The highest BCUT2D eigenvalue weighted by Crippen LogP contribution is 2.42. The Morgan fingerprint density at radius 3 is 2.57 bits per heavy atom. The molecule has 0 aromatic heterocycles. The van der Waals surface area contributed by atoms with E-state index in [2.05, 4.69) is 0 Å². The summed E-state index contributed by atoms with van der Waals surface area (Å²) in [6, 6.07) is 15.2. The molecule has 3 rings (SSSR count). The molecule has 1 atom stereocenters. The first-order valence-corrected chi connectivity index (χ1v) is 6.98. The predicted molar refractivity (Wildman–Crippen MR) is 83.9 cm³/mol. The van der Waals surface area contributed by atoms with Gasteiger partial charge in [-0.3, -0.25) is 0 Å². The van der Waals surface area contributed by atoms with Gasteiger partial charge in [0, 0.05) is 29.9 Å². The molecule has 0 spiro atoms. The zero-order chi connectivity index (χ0) is 15.0. The summed E-state index contributed by atoms with van der Waals surface area (Å²) < 4.78 is 0. The summed E-state index contributed by atoms with van der Waals surface area (Å²) >= 11 is 6.12. The average Bonchev–Trinajstić information content (AvgIpc) is 2.47. The van der Waals surface area contributed by atoms with Gasteiger partial charge in [-0.25, -0.2) is 4.79 Å². The molecular formula is C17H14ClNO2. The Hall–Kier alpha value is -2.26. The molecule has 1 N–H and O–H groups in total. The van der Waals surface area contributed by atoms with Crippen molar-refractivity contribution in [3.8, 4) is 0 Å². The first-order chi connectivity index (χ1) is 10.1. The second-order valence-corrected chi connectivity index (χ2v) is 5.48. The lowest BCUT2D eigenvalue weighted by molar-refractivity contribution is -0.132. The van der Waals surface area contributed by atoms with Gasteiger partial charge >= 0.3 is 5.97 Å². The van der Waals surface area contributed by atoms with Crippen LogP contribution in [0.5, 0.6) is 0 Å². The number of fused-ring (bicyclic) bond motifs is 1. The summed E-state index contributed by atoms with van der Waals surface area (Å²) in [6.07, 6.45) is 1.68. The standard InChI is InChI=1S/C17H14ClNO2/c1-19-10-14(17(20)21)16(11-5-3-2-4-6-11)13-9-12(18)7-8-15(13)19/h2-10,16H,1H3,(H,20,21). The van der Waals surface area contributed by atoms with E-state index in [1.54, 1.807) is 6.20 Å². The van der Waals surface area contributed by atoms with Crippen LogP contribution in [0.15, 0.2) is 60.3 Å². The van der Waals surface area contributed by atoms with Gasteiger partial charge in [-0.15, -0.1) is 0 Å². The number of carbonyl (C=O) groups is 1. The molecule has 2 aromatic carbocycles. The number of benzene rings is 2. The van der Waals surface area contributed by atoms with Gasteiger partial charge < -0.3 is 10.0 Å². The lowest BCUT2D eigenvalue weighted by atomic mass is 9.82. The van der Waals surface area contributed by atoms with Crippen molar-refractivity contribution in [3.05, 3.63) is 76.5 Å². The van der Waals surface area contributed by atoms with Crippen LogP contribution < -0.4 is 4.90 Å². The third kappa shape index (κ3) is 2.41. The van der Waals surface area contributed by atoms with E-state index in [0.717, 1.165) is 16.8 Å². The minimum atomic E-state index is -0.915. The first kappa shape index (κ1) is 13.7. The fourth-order valence-electron chi connectivity index (χ4n) is 2.78. The second-order valence-electron chi connectivity index (χ2n) is 5.05. The second kappa shape index (κ2) is 5.26. The van der Waals surface area contributed by atoms with Gasteiger partial charge in [0.05, 0.1) is 5.57 Å². The zero-order valence-corrected chi connectivity index (χ0v) is 12.2. The molecular weight excluding hydrogens is 286 g/mol. The van der Waals surface area contributed by atoms with Crippen molar-refractivity contribution in [1.82, 2.24) is 0 Å². The highest BCUT2D eigenvalue weighted by atomic mass is 35.5.